The van der Waals surface area contributed by atoms with Gasteiger partial charge < -0.3 is 0 Å². The Hall–Kier alpha value is -2.60. The predicted octanol–water partition coefficient (Wildman–Crippen LogP) is 5.47. The molecular formula is C21H18. The quantitative estimate of drug-likeness (QED) is 0.551. The van der Waals surface area contributed by atoms with Crippen molar-refractivity contribution in [2.45, 2.75) is 6.42 Å². The number of rotatable bonds is 4. The van der Waals surface area contributed by atoms with Gasteiger partial charge >= 0.3 is 0 Å². The van der Waals surface area contributed by atoms with E-state index in [1.165, 1.54) is 22.3 Å². The minimum Gasteiger partial charge on any atom is -0.0622 e. The van der Waals surface area contributed by atoms with Crippen LogP contribution in [-0.2, 0) is 6.42 Å². The van der Waals surface area contributed by atoms with Gasteiger partial charge in [-0.3, -0.25) is 0 Å². The maximum Gasteiger partial charge on any atom is -0.00196 e. The minimum absolute atomic E-state index is 0.944. The molecule has 102 valence electrons. The zero-order chi connectivity index (χ0) is 14.3. The smallest absolute Gasteiger partial charge is 0.00196 e. The largest absolute Gasteiger partial charge is 0.0622 e. The fraction of sp³-hybridized carbons (Fsp3) is 0.0476. The molecule has 0 heterocycles. The van der Waals surface area contributed by atoms with Crippen LogP contribution in [0.3, 0.4) is 0 Å². The van der Waals surface area contributed by atoms with Gasteiger partial charge in [0.15, 0.2) is 0 Å². The van der Waals surface area contributed by atoms with Crippen LogP contribution in [0.25, 0.3) is 11.6 Å². The highest BCUT2D eigenvalue weighted by Gasteiger charge is 2.03. The lowest BCUT2D eigenvalue weighted by Gasteiger charge is -2.09. The molecule has 0 nitrogen and oxygen atoms in total. The van der Waals surface area contributed by atoms with E-state index in [1.54, 1.807) is 0 Å². The van der Waals surface area contributed by atoms with Gasteiger partial charge in [-0.2, -0.15) is 0 Å². The molecule has 3 aromatic carbocycles. The minimum atomic E-state index is 0.944. The molecule has 0 aliphatic rings. The summed E-state index contributed by atoms with van der Waals surface area (Å²) in [6, 6.07) is 31.7. The summed E-state index contributed by atoms with van der Waals surface area (Å²) in [4.78, 5) is 0. The van der Waals surface area contributed by atoms with Crippen molar-refractivity contribution in [3.05, 3.63) is 108 Å². The van der Waals surface area contributed by atoms with Crippen molar-refractivity contribution in [1.82, 2.24) is 0 Å². The van der Waals surface area contributed by atoms with Crippen LogP contribution >= 0.6 is 0 Å². The van der Waals surface area contributed by atoms with Gasteiger partial charge in [-0.1, -0.05) is 97.1 Å². The highest BCUT2D eigenvalue weighted by Crippen LogP contribution is 2.22. The standard InChI is InChI=1S/C21H18/c1-4-10-18(11-5-1)16-21(20-14-8-3-9-15-20)17-19-12-6-2-7-13-19/h1-16H,17H2/b21-16+. The Labute approximate surface area is 126 Å². The van der Waals surface area contributed by atoms with Gasteiger partial charge in [0, 0.05) is 0 Å². The van der Waals surface area contributed by atoms with Crippen LogP contribution in [0.5, 0.6) is 0 Å². The van der Waals surface area contributed by atoms with E-state index in [0.29, 0.717) is 0 Å². The first-order chi connectivity index (χ1) is 10.4. The second kappa shape index (κ2) is 6.71. The molecule has 0 aliphatic heterocycles. The van der Waals surface area contributed by atoms with E-state index in [2.05, 4.69) is 97.1 Å². The zero-order valence-corrected chi connectivity index (χ0v) is 11.9. The van der Waals surface area contributed by atoms with Gasteiger partial charge in [0.25, 0.3) is 0 Å². The fourth-order valence-electron chi connectivity index (χ4n) is 2.45. The summed E-state index contributed by atoms with van der Waals surface area (Å²) < 4.78 is 0. The molecule has 21 heavy (non-hydrogen) atoms. The molecule has 0 atom stereocenters. The molecule has 0 aromatic heterocycles. The van der Waals surface area contributed by atoms with Crippen LogP contribution in [0, 0.1) is 0 Å². The Morgan fingerprint density at radius 1 is 0.619 bits per heavy atom. The Bertz CT molecular complexity index is 695. The maximum atomic E-state index is 2.28. The van der Waals surface area contributed by atoms with Crippen LogP contribution < -0.4 is 0 Å². The summed E-state index contributed by atoms with van der Waals surface area (Å²) in [5.74, 6) is 0. The van der Waals surface area contributed by atoms with E-state index in [9.17, 15) is 0 Å². The van der Waals surface area contributed by atoms with Gasteiger partial charge in [-0.05, 0) is 28.7 Å². The summed E-state index contributed by atoms with van der Waals surface area (Å²) in [7, 11) is 0. The van der Waals surface area contributed by atoms with Crippen molar-refractivity contribution in [2.24, 2.45) is 0 Å². The highest BCUT2D eigenvalue weighted by molar-refractivity contribution is 5.82. The summed E-state index contributed by atoms with van der Waals surface area (Å²) in [5, 5.41) is 0. The molecule has 0 bridgehead atoms. The fourth-order valence-corrected chi connectivity index (χ4v) is 2.45. The maximum absolute atomic E-state index is 2.28. The van der Waals surface area contributed by atoms with Crippen molar-refractivity contribution in [3.63, 3.8) is 0 Å². The van der Waals surface area contributed by atoms with Gasteiger partial charge in [0.05, 0.1) is 0 Å². The summed E-state index contributed by atoms with van der Waals surface area (Å²) in [6.45, 7) is 0. The molecule has 0 heteroatoms. The third-order valence-corrected chi connectivity index (χ3v) is 3.52. The molecule has 0 amide bonds. The normalized spacial score (nSPS) is 11.3. The van der Waals surface area contributed by atoms with Crippen molar-refractivity contribution in [3.8, 4) is 0 Å². The first-order valence-corrected chi connectivity index (χ1v) is 7.27. The zero-order valence-electron chi connectivity index (χ0n) is 11.9. The van der Waals surface area contributed by atoms with Gasteiger partial charge in [-0.25, -0.2) is 0 Å². The Kier molecular flexibility index (Phi) is 4.28. The molecule has 0 N–H and O–H groups in total. The van der Waals surface area contributed by atoms with Crippen LogP contribution in [0.4, 0.5) is 0 Å². The Balaban J connectivity index is 1.97. The van der Waals surface area contributed by atoms with Crippen LogP contribution in [0.1, 0.15) is 16.7 Å². The first kappa shape index (κ1) is 13.4. The molecule has 3 aromatic rings. The SMILES string of the molecule is C(=C(/Cc1ccccc1)c1ccccc1)/c1ccccc1. The lowest BCUT2D eigenvalue weighted by molar-refractivity contribution is 1.29. The summed E-state index contributed by atoms with van der Waals surface area (Å²) in [6.07, 6.45) is 3.22. The van der Waals surface area contributed by atoms with Crippen molar-refractivity contribution < 1.29 is 0 Å². The summed E-state index contributed by atoms with van der Waals surface area (Å²) >= 11 is 0. The Morgan fingerprint density at radius 3 is 1.76 bits per heavy atom. The van der Waals surface area contributed by atoms with E-state index < -0.39 is 0 Å². The third-order valence-electron chi connectivity index (χ3n) is 3.52. The monoisotopic (exact) mass is 270 g/mol. The molecule has 0 saturated carbocycles. The lowest BCUT2D eigenvalue weighted by Crippen LogP contribution is -1.91. The number of hydrogen-bond acceptors (Lipinski definition) is 0. The van der Waals surface area contributed by atoms with Crippen LogP contribution in [0.15, 0.2) is 91.0 Å². The second-order valence-electron chi connectivity index (χ2n) is 5.11. The molecule has 0 unspecified atom stereocenters. The van der Waals surface area contributed by atoms with E-state index in [4.69, 9.17) is 0 Å². The molecule has 0 aliphatic carbocycles. The van der Waals surface area contributed by atoms with Gasteiger partial charge in [0.2, 0.25) is 0 Å². The Morgan fingerprint density at radius 2 is 1.14 bits per heavy atom. The molecule has 0 radical (unpaired) electrons. The highest BCUT2D eigenvalue weighted by atomic mass is 14.1. The molecule has 0 spiro atoms. The summed E-state index contributed by atoms with van der Waals surface area (Å²) in [5.41, 5.74) is 5.20. The van der Waals surface area contributed by atoms with E-state index in [-0.39, 0.29) is 0 Å². The number of allylic oxidation sites excluding steroid dienone is 1. The molecular weight excluding hydrogens is 252 g/mol. The van der Waals surface area contributed by atoms with Gasteiger partial charge in [0.1, 0.15) is 0 Å². The molecule has 3 rings (SSSR count). The predicted molar refractivity (Wildman–Crippen MR) is 90.9 cm³/mol. The average Bonchev–Trinajstić information content (AvgIpc) is 2.57. The first-order valence-electron chi connectivity index (χ1n) is 7.27. The van der Waals surface area contributed by atoms with Crippen LogP contribution in [0.2, 0.25) is 0 Å². The van der Waals surface area contributed by atoms with Gasteiger partial charge in [-0.15, -0.1) is 0 Å². The number of benzene rings is 3. The third kappa shape index (κ3) is 3.70. The topological polar surface area (TPSA) is 0 Å². The number of hydrogen-bond donors (Lipinski definition) is 0. The molecule has 0 fully saturated rings. The lowest BCUT2D eigenvalue weighted by atomic mass is 9.96. The van der Waals surface area contributed by atoms with Crippen molar-refractivity contribution in [1.29, 1.82) is 0 Å². The van der Waals surface area contributed by atoms with E-state index >= 15 is 0 Å². The van der Waals surface area contributed by atoms with E-state index in [0.717, 1.165) is 6.42 Å². The average molecular weight is 270 g/mol. The molecule has 0 saturated heterocycles. The van der Waals surface area contributed by atoms with E-state index in [1.807, 2.05) is 0 Å². The van der Waals surface area contributed by atoms with Crippen LogP contribution in [-0.4, -0.2) is 0 Å². The van der Waals surface area contributed by atoms with Crippen molar-refractivity contribution >= 4 is 11.6 Å². The van der Waals surface area contributed by atoms with Crippen molar-refractivity contribution in [2.75, 3.05) is 0 Å². The second-order valence-corrected chi connectivity index (χ2v) is 5.11.